The molecular weight excluding hydrogens is 239 g/mol. The summed E-state index contributed by atoms with van der Waals surface area (Å²) in [5, 5.41) is 0. The number of Topliss-reactive ketones (excluding diaryl/α,β-unsaturated/α-hetero) is 1. The van der Waals surface area contributed by atoms with Crippen molar-refractivity contribution in [3.63, 3.8) is 0 Å². The monoisotopic (exact) mass is 262 g/mol. The molecule has 0 aromatic heterocycles. The van der Waals surface area contributed by atoms with Crippen LogP contribution in [0.25, 0.3) is 0 Å². The maximum absolute atomic E-state index is 12.2. The second-order valence-corrected chi connectivity index (χ2v) is 6.63. The van der Waals surface area contributed by atoms with E-state index in [1.54, 1.807) is 0 Å². The first-order chi connectivity index (χ1) is 8.09. The van der Waals surface area contributed by atoms with Crippen LogP contribution in [0, 0.1) is 5.92 Å². The lowest BCUT2D eigenvalue weighted by Crippen LogP contribution is -2.15. The lowest BCUT2D eigenvalue weighted by molar-refractivity contribution is -0.121. The molecule has 0 saturated heterocycles. The van der Waals surface area contributed by atoms with Gasteiger partial charge >= 0.3 is 7.60 Å². The summed E-state index contributed by atoms with van der Waals surface area (Å²) in [6.07, 6.45) is 4.53. The smallest absolute Gasteiger partial charge is 0.309 e. The summed E-state index contributed by atoms with van der Waals surface area (Å²) in [6, 6.07) is 0. The SMILES string of the molecule is CCOP(=O)(CCC1CCC(=O)CC1)OCC. The Hall–Kier alpha value is -0.180. The Morgan fingerprint density at radius 1 is 1.18 bits per heavy atom. The molecule has 1 saturated carbocycles. The van der Waals surface area contributed by atoms with Crippen molar-refractivity contribution in [2.75, 3.05) is 19.4 Å². The van der Waals surface area contributed by atoms with E-state index in [1.165, 1.54) is 0 Å². The molecule has 100 valence electrons. The van der Waals surface area contributed by atoms with Crippen LogP contribution in [0.3, 0.4) is 0 Å². The lowest BCUT2D eigenvalue weighted by atomic mass is 9.87. The summed E-state index contributed by atoms with van der Waals surface area (Å²) in [4.78, 5) is 11.1. The molecule has 0 aromatic carbocycles. The van der Waals surface area contributed by atoms with E-state index >= 15 is 0 Å². The summed E-state index contributed by atoms with van der Waals surface area (Å²) >= 11 is 0. The highest BCUT2D eigenvalue weighted by Crippen LogP contribution is 2.49. The quantitative estimate of drug-likeness (QED) is 0.660. The molecule has 1 fully saturated rings. The molecule has 1 aliphatic rings. The molecule has 0 heterocycles. The van der Waals surface area contributed by atoms with Crippen molar-refractivity contribution in [3.8, 4) is 0 Å². The zero-order valence-corrected chi connectivity index (χ0v) is 11.7. The lowest BCUT2D eigenvalue weighted by Gasteiger charge is -2.23. The Balaban J connectivity index is 2.36. The van der Waals surface area contributed by atoms with Crippen LogP contribution in [-0.2, 0) is 18.4 Å². The van der Waals surface area contributed by atoms with Gasteiger partial charge in [0.2, 0.25) is 0 Å². The van der Waals surface area contributed by atoms with E-state index in [1.807, 2.05) is 13.8 Å². The van der Waals surface area contributed by atoms with E-state index in [9.17, 15) is 9.36 Å². The van der Waals surface area contributed by atoms with Gasteiger partial charge in [0.25, 0.3) is 0 Å². The fourth-order valence-electron chi connectivity index (χ4n) is 2.19. The van der Waals surface area contributed by atoms with Gasteiger partial charge in [-0.15, -0.1) is 0 Å². The maximum Gasteiger partial charge on any atom is 0.330 e. The minimum atomic E-state index is -2.89. The Morgan fingerprint density at radius 3 is 2.18 bits per heavy atom. The highest BCUT2D eigenvalue weighted by molar-refractivity contribution is 7.53. The van der Waals surface area contributed by atoms with Crippen LogP contribution in [0.4, 0.5) is 0 Å². The number of carbonyl (C=O) groups is 1. The van der Waals surface area contributed by atoms with Crippen LogP contribution in [0.5, 0.6) is 0 Å². The standard InChI is InChI=1S/C12H23O4P/c1-3-15-17(14,16-4-2)10-9-11-5-7-12(13)8-6-11/h11H,3-10H2,1-2H3. The van der Waals surface area contributed by atoms with E-state index in [0.29, 0.717) is 43.9 Å². The van der Waals surface area contributed by atoms with Gasteiger partial charge in [-0.1, -0.05) is 0 Å². The Labute approximate surface area is 104 Å². The van der Waals surface area contributed by atoms with Crippen molar-refractivity contribution >= 4 is 13.4 Å². The largest absolute Gasteiger partial charge is 0.330 e. The van der Waals surface area contributed by atoms with Gasteiger partial charge < -0.3 is 9.05 Å². The van der Waals surface area contributed by atoms with Gasteiger partial charge in [0.1, 0.15) is 5.78 Å². The van der Waals surface area contributed by atoms with Gasteiger partial charge in [-0.25, -0.2) is 0 Å². The topological polar surface area (TPSA) is 52.6 Å². The summed E-state index contributed by atoms with van der Waals surface area (Å²) in [7, 11) is -2.89. The number of carbonyl (C=O) groups excluding carboxylic acids is 1. The van der Waals surface area contributed by atoms with Gasteiger partial charge in [-0.3, -0.25) is 9.36 Å². The van der Waals surface area contributed by atoms with Crippen LogP contribution in [-0.4, -0.2) is 25.2 Å². The summed E-state index contributed by atoms with van der Waals surface area (Å²) in [5.41, 5.74) is 0. The summed E-state index contributed by atoms with van der Waals surface area (Å²) in [5.74, 6) is 0.862. The van der Waals surface area contributed by atoms with Crippen LogP contribution >= 0.6 is 7.60 Å². The van der Waals surface area contributed by atoms with Crippen molar-refractivity contribution in [2.45, 2.75) is 46.0 Å². The van der Waals surface area contributed by atoms with Gasteiger partial charge in [0.05, 0.1) is 19.4 Å². The molecule has 17 heavy (non-hydrogen) atoms. The first-order valence-corrected chi connectivity index (χ1v) is 8.22. The highest BCUT2D eigenvalue weighted by Gasteiger charge is 2.26. The fraction of sp³-hybridized carbons (Fsp3) is 0.917. The van der Waals surface area contributed by atoms with Gasteiger partial charge in [-0.2, -0.15) is 0 Å². The summed E-state index contributed by atoms with van der Waals surface area (Å²) in [6.45, 7) is 4.48. The zero-order chi connectivity index (χ0) is 12.7. The van der Waals surface area contributed by atoms with E-state index < -0.39 is 7.60 Å². The van der Waals surface area contributed by atoms with Gasteiger partial charge in [0.15, 0.2) is 0 Å². The third kappa shape index (κ3) is 5.33. The Bertz CT molecular complexity index is 270. The molecule has 1 rings (SSSR count). The van der Waals surface area contributed by atoms with Crippen molar-refractivity contribution in [2.24, 2.45) is 5.92 Å². The first kappa shape index (κ1) is 14.9. The number of rotatable bonds is 7. The van der Waals surface area contributed by atoms with E-state index in [2.05, 4.69) is 0 Å². The molecule has 0 amide bonds. The molecule has 0 radical (unpaired) electrons. The predicted molar refractivity (Wildman–Crippen MR) is 67.3 cm³/mol. The minimum absolute atomic E-state index is 0.360. The normalized spacial score (nSPS) is 18.6. The first-order valence-electron chi connectivity index (χ1n) is 6.49. The van der Waals surface area contributed by atoms with Gasteiger partial charge in [0, 0.05) is 12.8 Å². The van der Waals surface area contributed by atoms with Crippen LogP contribution in [0.15, 0.2) is 0 Å². The van der Waals surface area contributed by atoms with Crippen LogP contribution in [0.1, 0.15) is 46.0 Å². The molecule has 1 aliphatic carbocycles. The van der Waals surface area contributed by atoms with E-state index in [0.717, 1.165) is 19.3 Å². The minimum Gasteiger partial charge on any atom is -0.309 e. The molecule has 0 spiro atoms. The molecule has 0 bridgehead atoms. The number of hydrogen-bond acceptors (Lipinski definition) is 4. The molecule has 0 atom stereocenters. The molecular formula is C12H23O4P. The van der Waals surface area contributed by atoms with Crippen molar-refractivity contribution in [3.05, 3.63) is 0 Å². The third-order valence-corrected chi connectivity index (χ3v) is 5.23. The van der Waals surface area contributed by atoms with Crippen molar-refractivity contribution < 1.29 is 18.4 Å². The molecule has 0 aromatic rings. The van der Waals surface area contributed by atoms with Gasteiger partial charge in [-0.05, 0) is 39.0 Å². The number of hydrogen-bond donors (Lipinski definition) is 0. The fourth-order valence-corrected chi connectivity index (χ4v) is 3.99. The second-order valence-electron chi connectivity index (χ2n) is 4.44. The Morgan fingerprint density at radius 2 is 1.71 bits per heavy atom. The predicted octanol–water partition coefficient (Wildman–Crippen LogP) is 3.40. The third-order valence-electron chi connectivity index (χ3n) is 3.13. The molecule has 0 N–H and O–H groups in total. The molecule has 0 aliphatic heterocycles. The van der Waals surface area contributed by atoms with Crippen LogP contribution < -0.4 is 0 Å². The molecule has 0 unspecified atom stereocenters. The average molecular weight is 262 g/mol. The summed E-state index contributed by atoms with van der Waals surface area (Å²) < 4.78 is 22.7. The van der Waals surface area contributed by atoms with Crippen molar-refractivity contribution in [1.82, 2.24) is 0 Å². The van der Waals surface area contributed by atoms with E-state index in [4.69, 9.17) is 9.05 Å². The van der Waals surface area contributed by atoms with Crippen molar-refractivity contribution in [1.29, 1.82) is 0 Å². The average Bonchev–Trinajstić information content (AvgIpc) is 2.29. The van der Waals surface area contributed by atoms with E-state index in [-0.39, 0.29) is 0 Å². The molecule has 5 heteroatoms. The number of ketones is 1. The Kier molecular flexibility index (Phi) is 6.39. The highest BCUT2D eigenvalue weighted by atomic mass is 31.2. The second kappa shape index (κ2) is 7.30. The molecule has 4 nitrogen and oxygen atoms in total. The van der Waals surface area contributed by atoms with Crippen LogP contribution in [0.2, 0.25) is 0 Å². The maximum atomic E-state index is 12.2. The zero-order valence-electron chi connectivity index (χ0n) is 10.8.